The van der Waals surface area contributed by atoms with Gasteiger partial charge in [-0.2, -0.15) is 0 Å². The number of para-hydroxylation sites is 1. The maximum Gasteiger partial charge on any atom is 0.152 e. The van der Waals surface area contributed by atoms with E-state index in [1.54, 1.807) is 18.5 Å². The molecule has 0 unspecified atom stereocenters. The second-order valence-corrected chi connectivity index (χ2v) is 4.27. The van der Waals surface area contributed by atoms with Crippen molar-refractivity contribution in [1.29, 1.82) is 0 Å². The lowest BCUT2D eigenvalue weighted by molar-refractivity contribution is 0.281. The Morgan fingerprint density at radius 3 is 3.06 bits per heavy atom. The summed E-state index contributed by atoms with van der Waals surface area (Å²) >= 11 is 0. The number of fused-ring (bicyclic) bond motifs is 1. The fraction of sp³-hybridized carbons (Fsp3) is 0.333. The number of aliphatic hydroxyl groups is 1. The quantitative estimate of drug-likeness (QED) is 0.859. The van der Waals surface area contributed by atoms with E-state index in [9.17, 15) is 9.50 Å². The molecule has 3 rings (SSSR count). The van der Waals surface area contributed by atoms with Crippen LogP contribution in [0.1, 0.15) is 11.4 Å². The summed E-state index contributed by atoms with van der Waals surface area (Å²) in [6.07, 6.45) is 1.68. The molecule has 0 aliphatic carbocycles. The lowest BCUT2D eigenvalue weighted by atomic mass is 10.1. The average molecular weight is 248 g/mol. The van der Waals surface area contributed by atoms with Crippen molar-refractivity contribution >= 4 is 5.69 Å². The summed E-state index contributed by atoms with van der Waals surface area (Å²) in [5, 5.41) is 17.1. The summed E-state index contributed by atoms with van der Waals surface area (Å²) in [7, 11) is 0. The number of hydrogen-bond acceptors (Lipinski definition) is 4. The van der Waals surface area contributed by atoms with Crippen molar-refractivity contribution in [2.75, 3.05) is 11.4 Å². The van der Waals surface area contributed by atoms with Gasteiger partial charge in [-0.15, -0.1) is 10.2 Å². The van der Waals surface area contributed by atoms with Crippen molar-refractivity contribution in [2.24, 2.45) is 0 Å². The Hall–Kier alpha value is -1.95. The predicted octanol–water partition coefficient (Wildman–Crippen LogP) is 0.930. The zero-order chi connectivity index (χ0) is 12.5. The van der Waals surface area contributed by atoms with Crippen LogP contribution in [0.15, 0.2) is 24.5 Å². The van der Waals surface area contributed by atoms with E-state index in [1.807, 2.05) is 9.47 Å². The van der Waals surface area contributed by atoms with E-state index in [-0.39, 0.29) is 12.4 Å². The number of aliphatic hydroxyl groups excluding tert-OH is 1. The summed E-state index contributed by atoms with van der Waals surface area (Å²) in [4.78, 5) is 1.89. The molecule has 2 aromatic rings. The van der Waals surface area contributed by atoms with Crippen LogP contribution >= 0.6 is 0 Å². The van der Waals surface area contributed by atoms with Crippen molar-refractivity contribution < 1.29 is 9.50 Å². The van der Waals surface area contributed by atoms with E-state index >= 15 is 0 Å². The maximum absolute atomic E-state index is 13.9. The highest BCUT2D eigenvalue weighted by Crippen LogP contribution is 2.27. The van der Waals surface area contributed by atoms with Crippen LogP contribution in [-0.4, -0.2) is 26.4 Å². The summed E-state index contributed by atoms with van der Waals surface area (Å²) < 4.78 is 15.9. The normalized spacial score (nSPS) is 14.7. The van der Waals surface area contributed by atoms with Gasteiger partial charge in [-0.25, -0.2) is 4.39 Å². The van der Waals surface area contributed by atoms with E-state index < -0.39 is 0 Å². The van der Waals surface area contributed by atoms with Gasteiger partial charge < -0.3 is 14.6 Å². The standard InChI is InChI=1S/C12H13FN4O/c13-10-3-1-2-9(7-18)12(10)16-4-5-17-8-14-15-11(17)6-16/h1-3,8,18H,4-7H2. The Bertz CT molecular complexity index is 569. The number of aromatic nitrogens is 3. The van der Waals surface area contributed by atoms with Crippen LogP contribution in [0.5, 0.6) is 0 Å². The number of benzene rings is 1. The van der Waals surface area contributed by atoms with E-state index in [0.29, 0.717) is 24.3 Å². The molecule has 0 spiro atoms. The van der Waals surface area contributed by atoms with Crippen molar-refractivity contribution in [3.8, 4) is 0 Å². The topological polar surface area (TPSA) is 54.2 Å². The molecule has 0 fully saturated rings. The molecule has 2 heterocycles. The highest BCUT2D eigenvalue weighted by Gasteiger charge is 2.22. The van der Waals surface area contributed by atoms with Gasteiger partial charge in [0.1, 0.15) is 12.1 Å². The van der Waals surface area contributed by atoms with Crippen molar-refractivity contribution in [3.05, 3.63) is 41.7 Å². The lowest BCUT2D eigenvalue weighted by Crippen LogP contribution is -2.34. The smallest absolute Gasteiger partial charge is 0.152 e. The molecule has 0 amide bonds. The van der Waals surface area contributed by atoms with E-state index in [1.165, 1.54) is 6.07 Å². The van der Waals surface area contributed by atoms with Crippen LogP contribution in [0.3, 0.4) is 0 Å². The predicted molar refractivity (Wildman–Crippen MR) is 63.4 cm³/mol. The highest BCUT2D eigenvalue weighted by atomic mass is 19.1. The molecule has 94 valence electrons. The first-order valence-electron chi connectivity index (χ1n) is 5.79. The number of nitrogens with zero attached hydrogens (tertiary/aromatic N) is 4. The van der Waals surface area contributed by atoms with Gasteiger partial charge >= 0.3 is 0 Å². The molecule has 1 N–H and O–H groups in total. The van der Waals surface area contributed by atoms with Gasteiger partial charge in [0.05, 0.1) is 18.8 Å². The minimum Gasteiger partial charge on any atom is -0.392 e. The van der Waals surface area contributed by atoms with Gasteiger partial charge in [-0.05, 0) is 6.07 Å². The zero-order valence-electron chi connectivity index (χ0n) is 9.75. The number of rotatable bonds is 2. The van der Waals surface area contributed by atoms with Gasteiger partial charge in [-0.1, -0.05) is 12.1 Å². The molecular formula is C12H13FN4O. The molecule has 6 heteroatoms. The van der Waals surface area contributed by atoms with Crippen LogP contribution in [0.4, 0.5) is 10.1 Å². The zero-order valence-corrected chi connectivity index (χ0v) is 9.75. The molecule has 1 aliphatic rings. The average Bonchev–Trinajstić information content (AvgIpc) is 2.85. The minimum atomic E-state index is -0.311. The van der Waals surface area contributed by atoms with Gasteiger partial charge in [-0.3, -0.25) is 0 Å². The van der Waals surface area contributed by atoms with Gasteiger partial charge in [0, 0.05) is 18.7 Å². The molecular weight excluding hydrogens is 235 g/mol. The summed E-state index contributed by atoms with van der Waals surface area (Å²) in [5.74, 6) is 0.503. The molecule has 18 heavy (non-hydrogen) atoms. The molecule has 0 saturated heterocycles. The van der Waals surface area contributed by atoms with Crippen LogP contribution in [0.25, 0.3) is 0 Å². The Morgan fingerprint density at radius 1 is 1.33 bits per heavy atom. The van der Waals surface area contributed by atoms with Crippen LogP contribution < -0.4 is 4.90 Å². The Morgan fingerprint density at radius 2 is 2.22 bits per heavy atom. The molecule has 5 nitrogen and oxygen atoms in total. The molecule has 0 bridgehead atoms. The number of anilines is 1. The molecule has 0 atom stereocenters. The number of hydrogen-bond donors (Lipinski definition) is 1. The first kappa shape index (κ1) is 11.2. The lowest BCUT2D eigenvalue weighted by Gasteiger charge is -2.30. The van der Waals surface area contributed by atoms with E-state index in [2.05, 4.69) is 10.2 Å². The summed E-state index contributed by atoms with van der Waals surface area (Å²) in [6.45, 7) is 1.74. The van der Waals surface area contributed by atoms with Crippen LogP contribution in [0, 0.1) is 5.82 Å². The number of halogens is 1. The Kier molecular flexibility index (Phi) is 2.71. The molecule has 1 aliphatic heterocycles. The largest absolute Gasteiger partial charge is 0.392 e. The fourth-order valence-corrected chi connectivity index (χ4v) is 2.30. The van der Waals surface area contributed by atoms with Gasteiger partial charge in [0.25, 0.3) is 0 Å². The first-order valence-corrected chi connectivity index (χ1v) is 5.79. The third-order valence-electron chi connectivity index (χ3n) is 3.20. The van der Waals surface area contributed by atoms with Crippen LogP contribution in [0.2, 0.25) is 0 Å². The fourth-order valence-electron chi connectivity index (χ4n) is 2.30. The van der Waals surface area contributed by atoms with E-state index in [0.717, 1.165) is 12.4 Å². The molecule has 0 radical (unpaired) electrons. The van der Waals surface area contributed by atoms with Crippen molar-refractivity contribution in [1.82, 2.24) is 14.8 Å². The third kappa shape index (κ3) is 1.74. The molecule has 1 aromatic carbocycles. The minimum absolute atomic E-state index is 0.170. The summed E-state index contributed by atoms with van der Waals surface area (Å²) in [6, 6.07) is 4.75. The van der Waals surface area contributed by atoms with Crippen LogP contribution in [-0.2, 0) is 19.7 Å². The van der Waals surface area contributed by atoms with E-state index in [4.69, 9.17) is 0 Å². The molecule has 0 saturated carbocycles. The Balaban J connectivity index is 1.97. The second-order valence-electron chi connectivity index (χ2n) is 4.27. The summed E-state index contributed by atoms with van der Waals surface area (Å²) in [5.41, 5.74) is 1.07. The van der Waals surface area contributed by atoms with Crippen molar-refractivity contribution in [3.63, 3.8) is 0 Å². The van der Waals surface area contributed by atoms with Gasteiger partial charge in [0.2, 0.25) is 0 Å². The third-order valence-corrected chi connectivity index (χ3v) is 3.20. The molecule has 1 aromatic heterocycles. The SMILES string of the molecule is OCc1cccc(F)c1N1CCn2cnnc2C1. The second kappa shape index (κ2) is 4.38. The first-order chi connectivity index (χ1) is 8.79. The highest BCUT2D eigenvalue weighted by molar-refractivity contribution is 5.55. The maximum atomic E-state index is 13.9. The van der Waals surface area contributed by atoms with Gasteiger partial charge in [0.15, 0.2) is 5.82 Å². The monoisotopic (exact) mass is 248 g/mol. The Labute approximate surface area is 103 Å². The van der Waals surface area contributed by atoms with Crippen molar-refractivity contribution in [2.45, 2.75) is 19.7 Å².